The molecule has 0 radical (unpaired) electrons. The SMILES string of the molecule is CSSCCCC[P+](=O)CCC(=O)ON1OCCC1=O. The minimum atomic E-state index is -1.37. The number of hydroxylamine groups is 2. The van der Waals surface area contributed by atoms with Crippen molar-refractivity contribution in [2.24, 2.45) is 0 Å². The van der Waals surface area contributed by atoms with E-state index < -0.39 is 13.8 Å². The van der Waals surface area contributed by atoms with Crippen molar-refractivity contribution in [3.05, 3.63) is 0 Å². The van der Waals surface area contributed by atoms with Gasteiger partial charge in [-0.05, 0) is 24.3 Å². The minimum Gasteiger partial charge on any atom is -0.312 e. The maximum absolute atomic E-state index is 11.7. The molecule has 0 aromatic rings. The summed E-state index contributed by atoms with van der Waals surface area (Å²) in [5.41, 5.74) is 0. The van der Waals surface area contributed by atoms with Crippen LogP contribution in [0, 0.1) is 0 Å². The molecule has 1 atom stereocenters. The molecule has 0 saturated carbocycles. The first-order valence-corrected chi connectivity index (χ1v) is 10.7. The molecule has 1 amide bonds. The molecule has 0 bridgehead atoms. The molecule has 1 aliphatic heterocycles. The molecule has 0 spiro atoms. The first kappa shape index (κ1) is 17.8. The van der Waals surface area contributed by atoms with Gasteiger partial charge in [0.15, 0.2) is 6.16 Å². The predicted molar refractivity (Wildman–Crippen MR) is 80.7 cm³/mol. The van der Waals surface area contributed by atoms with E-state index in [0.717, 1.165) is 18.6 Å². The second-order valence-electron chi connectivity index (χ2n) is 4.07. The van der Waals surface area contributed by atoms with Crippen LogP contribution in [-0.4, -0.2) is 48.0 Å². The summed E-state index contributed by atoms with van der Waals surface area (Å²) in [4.78, 5) is 32.1. The van der Waals surface area contributed by atoms with E-state index in [1.54, 1.807) is 21.6 Å². The van der Waals surface area contributed by atoms with E-state index in [1.807, 2.05) is 6.26 Å². The molecule has 1 heterocycles. The minimum absolute atomic E-state index is 0.0436. The van der Waals surface area contributed by atoms with Crippen LogP contribution in [0.3, 0.4) is 0 Å². The van der Waals surface area contributed by atoms with Crippen molar-refractivity contribution >= 4 is 41.3 Å². The average Bonchev–Trinajstić information content (AvgIpc) is 2.82. The standard InChI is InChI=1S/C11H19NO5PS2/c1-19-20-9-3-2-7-18(15)8-5-11(14)17-12-10(13)4-6-16-12/h2-9H2,1H3/q+1. The largest absolute Gasteiger partial charge is 0.339 e. The summed E-state index contributed by atoms with van der Waals surface area (Å²) in [5, 5.41) is 0.620. The fourth-order valence-electron chi connectivity index (χ4n) is 1.45. The highest BCUT2D eigenvalue weighted by Gasteiger charge is 2.27. The highest BCUT2D eigenvalue weighted by Crippen LogP contribution is 2.25. The van der Waals surface area contributed by atoms with E-state index >= 15 is 0 Å². The van der Waals surface area contributed by atoms with Gasteiger partial charge in [-0.1, -0.05) is 26.2 Å². The van der Waals surface area contributed by atoms with Crippen molar-refractivity contribution in [2.45, 2.75) is 25.7 Å². The van der Waals surface area contributed by atoms with Gasteiger partial charge in [-0.25, -0.2) is 9.63 Å². The highest BCUT2D eigenvalue weighted by atomic mass is 33.1. The Bertz CT molecular complexity index is 356. The molecule has 0 aromatic heterocycles. The predicted octanol–water partition coefficient (Wildman–Crippen LogP) is 2.62. The van der Waals surface area contributed by atoms with Crippen LogP contribution in [0.15, 0.2) is 0 Å². The zero-order valence-corrected chi connectivity index (χ0v) is 13.9. The van der Waals surface area contributed by atoms with Gasteiger partial charge in [-0.2, -0.15) is 0 Å². The fourth-order valence-corrected chi connectivity index (χ4v) is 4.03. The van der Waals surface area contributed by atoms with E-state index in [4.69, 9.17) is 9.68 Å². The van der Waals surface area contributed by atoms with Gasteiger partial charge in [-0.15, -0.1) is 0 Å². The summed E-state index contributed by atoms with van der Waals surface area (Å²) in [6.45, 7) is 0.231. The summed E-state index contributed by atoms with van der Waals surface area (Å²) in [5.74, 6) is 0.108. The summed E-state index contributed by atoms with van der Waals surface area (Å²) < 4.78 is 11.7. The van der Waals surface area contributed by atoms with E-state index in [9.17, 15) is 14.2 Å². The van der Waals surface area contributed by atoms with Gasteiger partial charge in [0, 0.05) is 5.75 Å². The average molecular weight is 340 g/mol. The number of hydrogen-bond acceptors (Lipinski definition) is 7. The summed E-state index contributed by atoms with van der Waals surface area (Å²) >= 11 is 0. The van der Waals surface area contributed by atoms with Crippen molar-refractivity contribution in [3.63, 3.8) is 0 Å². The molecule has 0 aromatic carbocycles. The zero-order valence-electron chi connectivity index (χ0n) is 11.4. The van der Waals surface area contributed by atoms with Gasteiger partial charge in [0.2, 0.25) is 0 Å². The smallest absolute Gasteiger partial charge is 0.312 e. The van der Waals surface area contributed by atoms with Gasteiger partial charge < -0.3 is 4.84 Å². The first-order chi connectivity index (χ1) is 9.63. The van der Waals surface area contributed by atoms with Crippen LogP contribution in [0.1, 0.15) is 25.7 Å². The van der Waals surface area contributed by atoms with Crippen molar-refractivity contribution in [1.29, 1.82) is 0 Å². The Morgan fingerprint density at radius 2 is 2.25 bits per heavy atom. The van der Waals surface area contributed by atoms with Crippen LogP contribution >= 0.6 is 29.4 Å². The molecular weight excluding hydrogens is 321 g/mol. The number of carbonyl (C=O) groups is 2. The van der Waals surface area contributed by atoms with Crippen LogP contribution in [0.5, 0.6) is 0 Å². The van der Waals surface area contributed by atoms with Gasteiger partial charge in [0.1, 0.15) is 6.16 Å². The molecule has 1 rings (SSSR count). The molecule has 20 heavy (non-hydrogen) atoms. The van der Waals surface area contributed by atoms with Crippen LogP contribution in [0.25, 0.3) is 0 Å². The highest BCUT2D eigenvalue weighted by molar-refractivity contribution is 8.76. The van der Waals surface area contributed by atoms with E-state index in [-0.39, 0.29) is 25.4 Å². The Morgan fingerprint density at radius 1 is 1.45 bits per heavy atom. The van der Waals surface area contributed by atoms with E-state index in [1.165, 1.54) is 0 Å². The Hall–Kier alpha value is -0.300. The summed E-state index contributed by atoms with van der Waals surface area (Å²) in [6.07, 6.45) is 5.17. The molecule has 114 valence electrons. The Morgan fingerprint density at radius 3 is 2.90 bits per heavy atom. The number of nitrogens with zero attached hydrogens (tertiary/aromatic N) is 1. The second-order valence-corrected chi connectivity index (χ2v) is 8.61. The Balaban J connectivity index is 2.05. The van der Waals surface area contributed by atoms with Crippen molar-refractivity contribution in [2.75, 3.05) is 30.9 Å². The van der Waals surface area contributed by atoms with Crippen LogP contribution in [0.2, 0.25) is 0 Å². The van der Waals surface area contributed by atoms with Crippen LogP contribution in [-0.2, 0) is 23.8 Å². The molecule has 1 unspecified atom stereocenters. The monoisotopic (exact) mass is 340 g/mol. The maximum Gasteiger partial charge on any atom is 0.339 e. The Labute approximate surface area is 127 Å². The third-order valence-corrected chi connectivity index (χ3v) is 5.92. The number of carbonyl (C=O) groups excluding carboxylic acids is 2. The topological polar surface area (TPSA) is 72.9 Å². The van der Waals surface area contributed by atoms with Gasteiger partial charge in [0.05, 0.1) is 19.4 Å². The molecule has 1 saturated heterocycles. The van der Waals surface area contributed by atoms with Crippen molar-refractivity contribution in [3.8, 4) is 0 Å². The maximum atomic E-state index is 11.7. The van der Waals surface area contributed by atoms with Gasteiger partial charge in [0.25, 0.3) is 5.91 Å². The molecular formula is C11H19NO5PS2+. The van der Waals surface area contributed by atoms with E-state index in [0.29, 0.717) is 17.6 Å². The fraction of sp³-hybridized carbons (Fsp3) is 0.818. The Kier molecular flexibility index (Phi) is 9.26. The van der Waals surface area contributed by atoms with E-state index in [2.05, 4.69) is 0 Å². The van der Waals surface area contributed by atoms with Gasteiger partial charge in [-0.3, -0.25) is 4.79 Å². The summed E-state index contributed by atoms with van der Waals surface area (Å²) in [7, 11) is 2.15. The quantitative estimate of drug-likeness (QED) is 0.344. The summed E-state index contributed by atoms with van der Waals surface area (Å²) in [6, 6.07) is 0. The lowest BCUT2D eigenvalue weighted by Crippen LogP contribution is -2.27. The number of rotatable bonds is 10. The van der Waals surface area contributed by atoms with Crippen LogP contribution in [0.4, 0.5) is 0 Å². The molecule has 6 nitrogen and oxygen atoms in total. The molecule has 0 aliphatic carbocycles. The third-order valence-electron chi connectivity index (χ3n) is 2.48. The molecule has 9 heteroatoms. The lowest BCUT2D eigenvalue weighted by atomic mass is 10.4. The normalized spacial score (nSPS) is 15.6. The lowest BCUT2D eigenvalue weighted by Gasteiger charge is -2.11. The second kappa shape index (κ2) is 10.4. The lowest BCUT2D eigenvalue weighted by molar-refractivity contribution is -0.302. The van der Waals surface area contributed by atoms with Crippen molar-refractivity contribution in [1.82, 2.24) is 5.23 Å². The molecule has 1 aliphatic rings. The number of unbranched alkanes of at least 4 members (excludes halogenated alkanes) is 1. The third kappa shape index (κ3) is 7.47. The van der Waals surface area contributed by atoms with Crippen LogP contribution < -0.4 is 0 Å². The van der Waals surface area contributed by atoms with Gasteiger partial charge >= 0.3 is 13.8 Å². The number of hydrogen-bond donors (Lipinski definition) is 0. The molecule has 0 N–H and O–H groups in total. The van der Waals surface area contributed by atoms with Crippen molar-refractivity contribution < 1.29 is 23.8 Å². The zero-order chi connectivity index (χ0) is 14.8. The molecule has 1 fully saturated rings. The first-order valence-electron chi connectivity index (χ1n) is 6.38. The number of amides is 1.